The van der Waals surface area contributed by atoms with Crippen LogP contribution in [0.1, 0.15) is 26.7 Å². The molecule has 0 radical (unpaired) electrons. The second-order valence-corrected chi connectivity index (χ2v) is 3.37. The normalized spacial score (nSPS) is 11.0. The van der Waals surface area contributed by atoms with E-state index in [-0.39, 0.29) is 0 Å². The molecule has 0 atom stereocenters. The Morgan fingerprint density at radius 2 is 1.92 bits per heavy atom. The molecule has 0 saturated heterocycles. The zero-order valence-corrected chi connectivity index (χ0v) is 7.94. The fraction of sp³-hybridized carbons (Fsp3) is 0.455. The first kappa shape index (κ1) is 11.2. The predicted octanol–water partition coefficient (Wildman–Crippen LogP) is 4.02. The number of hydrogen-bond donors (Lipinski definition) is 0. The average Bonchev–Trinajstić information content (AvgIpc) is 1.96. The predicted molar refractivity (Wildman–Crippen MR) is 52.6 cm³/mol. The van der Waals surface area contributed by atoms with Crippen LogP contribution in [0.5, 0.6) is 0 Å². The number of rotatable bonds is 5. The van der Waals surface area contributed by atoms with Crippen LogP contribution in [0.25, 0.3) is 0 Å². The molecule has 0 amide bonds. The molecule has 0 aromatic heterocycles. The molecule has 0 aliphatic heterocycles. The Kier molecular flexibility index (Phi) is 5.35. The van der Waals surface area contributed by atoms with E-state index in [9.17, 15) is 4.39 Å². The van der Waals surface area contributed by atoms with Crippen LogP contribution in [-0.4, -0.2) is 0 Å². The molecule has 0 N–H and O–H groups in total. The summed E-state index contributed by atoms with van der Waals surface area (Å²) in [5.74, 6) is 0.254. The fourth-order valence-electron chi connectivity index (χ4n) is 0.766. The summed E-state index contributed by atoms with van der Waals surface area (Å²) in [5, 5.41) is 0. The van der Waals surface area contributed by atoms with Crippen molar-refractivity contribution in [3.05, 3.63) is 36.7 Å². The summed E-state index contributed by atoms with van der Waals surface area (Å²) in [7, 11) is 0. The van der Waals surface area contributed by atoms with Crippen LogP contribution in [0.4, 0.5) is 4.39 Å². The summed E-state index contributed by atoms with van der Waals surface area (Å²) in [5.41, 5.74) is 0.961. The molecule has 12 heavy (non-hydrogen) atoms. The van der Waals surface area contributed by atoms with Gasteiger partial charge in [0, 0.05) is 0 Å². The van der Waals surface area contributed by atoms with Gasteiger partial charge < -0.3 is 0 Å². The largest absolute Gasteiger partial charge is 0.208 e. The Balaban J connectivity index is 3.67. The van der Waals surface area contributed by atoms with Gasteiger partial charge in [0.25, 0.3) is 0 Å². The highest BCUT2D eigenvalue weighted by Gasteiger charge is 1.94. The molecule has 0 saturated carbocycles. The molecule has 1 heteroatoms. The van der Waals surface area contributed by atoms with Crippen LogP contribution >= 0.6 is 0 Å². The van der Waals surface area contributed by atoms with Crippen molar-refractivity contribution >= 4 is 0 Å². The highest BCUT2D eigenvalue weighted by molar-refractivity contribution is 5.20. The van der Waals surface area contributed by atoms with Crippen LogP contribution in [-0.2, 0) is 0 Å². The van der Waals surface area contributed by atoms with Crippen molar-refractivity contribution in [3.63, 3.8) is 0 Å². The minimum atomic E-state index is -0.416. The van der Waals surface area contributed by atoms with Crippen LogP contribution in [0.2, 0.25) is 0 Å². The van der Waals surface area contributed by atoms with Crippen LogP contribution in [0.3, 0.4) is 0 Å². The maximum atomic E-state index is 12.1. The second kappa shape index (κ2) is 5.76. The molecule has 0 rings (SSSR count). The second-order valence-electron chi connectivity index (χ2n) is 3.37. The van der Waals surface area contributed by atoms with Crippen molar-refractivity contribution in [3.8, 4) is 0 Å². The van der Waals surface area contributed by atoms with Gasteiger partial charge in [-0.05, 0) is 24.8 Å². The van der Waals surface area contributed by atoms with Gasteiger partial charge in [-0.2, -0.15) is 0 Å². The molecular formula is C11H17F. The Morgan fingerprint density at radius 3 is 2.33 bits per heavy atom. The third kappa shape index (κ3) is 7.26. The van der Waals surface area contributed by atoms with E-state index in [0.717, 1.165) is 18.4 Å². The third-order valence-electron chi connectivity index (χ3n) is 1.54. The Morgan fingerprint density at radius 1 is 1.33 bits per heavy atom. The molecule has 0 bridgehead atoms. The number of halogens is 1. The van der Waals surface area contributed by atoms with Crippen molar-refractivity contribution in [1.82, 2.24) is 0 Å². The smallest absolute Gasteiger partial charge is 0.116 e. The Hall–Kier alpha value is -0.850. The first-order valence-electron chi connectivity index (χ1n) is 4.22. The summed E-state index contributed by atoms with van der Waals surface area (Å²) in [6.45, 7) is 11.2. The summed E-state index contributed by atoms with van der Waals surface area (Å²) in [4.78, 5) is 0. The van der Waals surface area contributed by atoms with E-state index in [1.165, 1.54) is 6.08 Å². The van der Waals surface area contributed by atoms with Gasteiger partial charge in [0.1, 0.15) is 5.83 Å². The Labute approximate surface area is 74.5 Å². The van der Waals surface area contributed by atoms with Gasteiger partial charge in [-0.3, -0.25) is 0 Å². The summed E-state index contributed by atoms with van der Waals surface area (Å²) < 4.78 is 12.1. The van der Waals surface area contributed by atoms with Crippen molar-refractivity contribution in [2.24, 2.45) is 5.92 Å². The van der Waals surface area contributed by atoms with E-state index in [2.05, 4.69) is 27.0 Å². The SMILES string of the molecule is C=C(F)/C=C\C(=C)CCC(C)C. The maximum absolute atomic E-state index is 12.1. The third-order valence-corrected chi connectivity index (χ3v) is 1.54. The zero-order valence-electron chi connectivity index (χ0n) is 7.94. The Bertz CT molecular complexity index is 187. The fourth-order valence-corrected chi connectivity index (χ4v) is 0.766. The number of allylic oxidation sites excluding steroid dienone is 4. The lowest BCUT2D eigenvalue weighted by molar-refractivity contribution is 0.588. The molecule has 0 unspecified atom stereocenters. The molecule has 0 heterocycles. The van der Waals surface area contributed by atoms with Gasteiger partial charge in [-0.1, -0.05) is 38.7 Å². The quantitative estimate of drug-likeness (QED) is 0.544. The van der Waals surface area contributed by atoms with Crippen molar-refractivity contribution in [2.45, 2.75) is 26.7 Å². The van der Waals surface area contributed by atoms with Gasteiger partial charge >= 0.3 is 0 Å². The molecule has 0 aromatic carbocycles. The maximum Gasteiger partial charge on any atom is 0.116 e. The summed E-state index contributed by atoms with van der Waals surface area (Å²) >= 11 is 0. The highest BCUT2D eigenvalue weighted by Crippen LogP contribution is 2.11. The van der Waals surface area contributed by atoms with E-state index in [0.29, 0.717) is 5.92 Å². The lowest BCUT2D eigenvalue weighted by atomic mass is 10.0. The van der Waals surface area contributed by atoms with Crippen LogP contribution in [0, 0.1) is 5.92 Å². The first-order valence-corrected chi connectivity index (χ1v) is 4.22. The van der Waals surface area contributed by atoms with Crippen LogP contribution in [0.15, 0.2) is 36.7 Å². The van der Waals surface area contributed by atoms with Gasteiger partial charge in [-0.25, -0.2) is 4.39 Å². The molecule has 0 spiro atoms. The molecule has 0 aliphatic carbocycles. The van der Waals surface area contributed by atoms with E-state index in [1.54, 1.807) is 6.08 Å². The van der Waals surface area contributed by atoms with E-state index in [1.807, 2.05) is 0 Å². The topological polar surface area (TPSA) is 0 Å². The average molecular weight is 168 g/mol. The molecule has 0 aliphatic rings. The van der Waals surface area contributed by atoms with Crippen molar-refractivity contribution in [1.29, 1.82) is 0 Å². The monoisotopic (exact) mass is 168 g/mol. The molecule has 68 valence electrons. The van der Waals surface area contributed by atoms with E-state index >= 15 is 0 Å². The van der Waals surface area contributed by atoms with Crippen LogP contribution < -0.4 is 0 Å². The van der Waals surface area contributed by atoms with Gasteiger partial charge in [-0.15, -0.1) is 0 Å². The summed E-state index contributed by atoms with van der Waals surface area (Å²) in [6.07, 6.45) is 5.07. The zero-order chi connectivity index (χ0) is 9.56. The van der Waals surface area contributed by atoms with Gasteiger partial charge in [0.05, 0.1) is 0 Å². The van der Waals surface area contributed by atoms with Gasteiger partial charge in [0.2, 0.25) is 0 Å². The van der Waals surface area contributed by atoms with E-state index in [4.69, 9.17) is 0 Å². The van der Waals surface area contributed by atoms with Crippen molar-refractivity contribution < 1.29 is 4.39 Å². The highest BCUT2D eigenvalue weighted by atomic mass is 19.1. The van der Waals surface area contributed by atoms with E-state index < -0.39 is 5.83 Å². The van der Waals surface area contributed by atoms with Crippen molar-refractivity contribution in [2.75, 3.05) is 0 Å². The minimum Gasteiger partial charge on any atom is -0.208 e. The minimum absolute atomic E-state index is 0.416. The molecule has 0 fully saturated rings. The summed E-state index contributed by atoms with van der Waals surface area (Å²) in [6, 6.07) is 0. The first-order chi connectivity index (χ1) is 5.52. The molecular weight excluding hydrogens is 151 g/mol. The lowest BCUT2D eigenvalue weighted by Crippen LogP contribution is -1.87. The molecule has 0 aromatic rings. The standard InChI is InChI=1S/C11H17F/c1-9(2)5-6-10(3)7-8-11(4)12/h7-9H,3-6H2,1-2H3/b8-7-. The number of hydrogen-bond acceptors (Lipinski definition) is 0. The van der Waals surface area contributed by atoms with Gasteiger partial charge in [0.15, 0.2) is 0 Å². The lowest BCUT2D eigenvalue weighted by Gasteiger charge is -2.02. The molecule has 0 nitrogen and oxygen atoms in total.